The summed E-state index contributed by atoms with van der Waals surface area (Å²) in [6.07, 6.45) is -0.975. The van der Waals surface area contributed by atoms with Gasteiger partial charge in [-0.25, -0.2) is 4.39 Å². The molecule has 4 heteroatoms. The molecule has 0 heterocycles. The molecule has 0 aromatic heterocycles. The highest BCUT2D eigenvalue weighted by Crippen LogP contribution is 2.08. The summed E-state index contributed by atoms with van der Waals surface area (Å²) in [4.78, 5) is 11.5. The van der Waals surface area contributed by atoms with E-state index in [0.29, 0.717) is 0 Å². The quantitative estimate of drug-likeness (QED) is 0.544. The van der Waals surface area contributed by atoms with E-state index in [4.69, 9.17) is 9.47 Å². The van der Waals surface area contributed by atoms with Gasteiger partial charge in [-0.1, -0.05) is 12.1 Å². The minimum atomic E-state index is -0.975. The van der Waals surface area contributed by atoms with Gasteiger partial charge in [0.25, 0.3) is 0 Å². The third kappa shape index (κ3) is 2.37. The van der Waals surface area contributed by atoms with Gasteiger partial charge in [-0.2, -0.15) is 0 Å². The zero-order valence-corrected chi connectivity index (χ0v) is 7.99. The van der Waals surface area contributed by atoms with Crippen LogP contribution < -0.4 is 0 Å². The summed E-state index contributed by atoms with van der Waals surface area (Å²) in [6.45, 7) is 0. The summed E-state index contributed by atoms with van der Waals surface area (Å²) < 4.78 is 22.3. The summed E-state index contributed by atoms with van der Waals surface area (Å²) in [5, 5.41) is 0. The molecule has 0 radical (unpaired) electrons. The summed E-state index contributed by atoms with van der Waals surface area (Å²) in [7, 11) is 2.71. The second-order valence-corrected chi connectivity index (χ2v) is 2.68. The number of benzene rings is 1. The first-order valence-electron chi connectivity index (χ1n) is 4.04. The van der Waals surface area contributed by atoms with Crippen molar-refractivity contribution in [1.82, 2.24) is 0 Å². The second kappa shape index (κ2) is 4.83. The Labute approximate surface area is 81.4 Å². The highest BCUT2D eigenvalue weighted by Gasteiger charge is 2.18. The van der Waals surface area contributed by atoms with E-state index in [1.165, 1.54) is 32.4 Å². The second-order valence-electron chi connectivity index (χ2n) is 2.68. The number of carbonyl (C=O) groups is 1. The Hall–Kier alpha value is -1.26. The number of carbonyl (C=O) groups excluding carboxylic acids is 1. The van der Waals surface area contributed by atoms with E-state index in [1.54, 1.807) is 0 Å². The Balaban J connectivity index is 2.88. The van der Waals surface area contributed by atoms with Crippen molar-refractivity contribution >= 4 is 5.78 Å². The van der Waals surface area contributed by atoms with Crippen LogP contribution in [0.1, 0.15) is 10.4 Å². The number of ketones is 1. The van der Waals surface area contributed by atoms with Gasteiger partial charge in [-0.3, -0.25) is 4.79 Å². The number of ether oxygens (including phenoxy) is 2. The van der Waals surface area contributed by atoms with E-state index >= 15 is 0 Å². The van der Waals surface area contributed by atoms with Gasteiger partial charge in [0.2, 0.25) is 12.1 Å². The maximum absolute atomic E-state index is 12.8. The fourth-order valence-electron chi connectivity index (χ4n) is 1.09. The minimum absolute atomic E-state index is 0.235. The maximum Gasteiger partial charge on any atom is 0.222 e. The lowest BCUT2D eigenvalue weighted by Crippen LogP contribution is -2.24. The van der Waals surface area contributed by atoms with E-state index in [1.807, 2.05) is 0 Å². The first-order chi connectivity index (χ1) is 6.69. The molecule has 0 aliphatic rings. The van der Waals surface area contributed by atoms with Crippen LogP contribution in [0.2, 0.25) is 0 Å². The molecular weight excluding hydrogens is 187 g/mol. The molecule has 0 saturated carbocycles. The van der Waals surface area contributed by atoms with Crippen molar-refractivity contribution in [1.29, 1.82) is 0 Å². The van der Waals surface area contributed by atoms with Gasteiger partial charge in [-0.05, 0) is 12.1 Å². The SMILES string of the molecule is COC(OC)C(=O)c1cccc(F)c1. The number of hydrogen-bond donors (Lipinski definition) is 0. The molecule has 0 atom stereocenters. The molecule has 0 bridgehead atoms. The van der Waals surface area contributed by atoms with Crippen LogP contribution in [-0.4, -0.2) is 26.3 Å². The van der Waals surface area contributed by atoms with Gasteiger partial charge in [0.05, 0.1) is 0 Å². The molecule has 1 aromatic rings. The van der Waals surface area contributed by atoms with Crippen LogP contribution in [0.5, 0.6) is 0 Å². The maximum atomic E-state index is 12.8. The molecule has 0 fully saturated rings. The molecule has 0 N–H and O–H groups in total. The van der Waals surface area contributed by atoms with Crippen molar-refractivity contribution < 1.29 is 18.7 Å². The van der Waals surface area contributed by atoms with Gasteiger partial charge in [0.15, 0.2) is 0 Å². The predicted octanol–water partition coefficient (Wildman–Crippen LogP) is 1.63. The summed E-state index contributed by atoms with van der Waals surface area (Å²) in [5.41, 5.74) is 0.235. The first-order valence-corrected chi connectivity index (χ1v) is 4.04. The smallest absolute Gasteiger partial charge is 0.222 e. The normalized spacial score (nSPS) is 10.6. The fourth-order valence-corrected chi connectivity index (χ4v) is 1.09. The van der Waals surface area contributed by atoms with Crippen LogP contribution in [0.15, 0.2) is 24.3 Å². The lowest BCUT2D eigenvalue weighted by Gasteiger charge is -2.11. The molecule has 1 rings (SSSR count). The number of rotatable bonds is 4. The zero-order valence-electron chi connectivity index (χ0n) is 7.99. The Morgan fingerprint density at radius 2 is 2.00 bits per heavy atom. The molecule has 0 amide bonds. The summed E-state index contributed by atoms with van der Waals surface area (Å²) in [6, 6.07) is 5.39. The third-order valence-corrected chi connectivity index (χ3v) is 1.75. The molecule has 3 nitrogen and oxygen atoms in total. The van der Waals surface area contributed by atoms with Crippen molar-refractivity contribution in [2.24, 2.45) is 0 Å². The lowest BCUT2D eigenvalue weighted by atomic mass is 10.1. The van der Waals surface area contributed by atoms with Gasteiger partial charge in [-0.15, -0.1) is 0 Å². The Morgan fingerprint density at radius 1 is 1.36 bits per heavy atom. The number of hydrogen-bond acceptors (Lipinski definition) is 3. The molecule has 0 aliphatic heterocycles. The number of halogens is 1. The molecule has 0 spiro atoms. The fraction of sp³-hybridized carbons (Fsp3) is 0.300. The van der Waals surface area contributed by atoms with Gasteiger partial charge < -0.3 is 9.47 Å². The van der Waals surface area contributed by atoms with Crippen molar-refractivity contribution in [3.05, 3.63) is 35.6 Å². The van der Waals surface area contributed by atoms with Crippen molar-refractivity contribution in [2.75, 3.05) is 14.2 Å². The van der Waals surface area contributed by atoms with Crippen molar-refractivity contribution in [3.8, 4) is 0 Å². The molecule has 0 saturated heterocycles. The van der Waals surface area contributed by atoms with Crippen LogP contribution in [0.25, 0.3) is 0 Å². The van der Waals surface area contributed by atoms with Crippen LogP contribution in [0, 0.1) is 5.82 Å². The van der Waals surface area contributed by atoms with Gasteiger partial charge in [0, 0.05) is 19.8 Å². The molecular formula is C10H11FO3. The first kappa shape index (κ1) is 10.8. The molecule has 14 heavy (non-hydrogen) atoms. The van der Waals surface area contributed by atoms with E-state index < -0.39 is 17.9 Å². The van der Waals surface area contributed by atoms with Gasteiger partial charge >= 0.3 is 0 Å². The average molecular weight is 198 g/mol. The van der Waals surface area contributed by atoms with Crippen LogP contribution in [-0.2, 0) is 9.47 Å². The van der Waals surface area contributed by atoms with E-state index in [2.05, 4.69) is 0 Å². The molecule has 1 aromatic carbocycles. The zero-order chi connectivity index (χ0) is 10.6. The topological polar surface area (TPSA) is 35.5 Å². The highest BCUT2D eigenvalue weighted by atomic mass is 19.1. The third-order valence-electron chi connectivity index (χ3n) is 1.75. The highest BCUT2D eigenvalue weighted by molar-refractivity contribution is 5.98. The number of methoxy groups -OCH3 is 2. The van der Waals surface area contributed by atoms with Crippen LogP contribution in [0.4, 0.5) is 4.39 Å². The van der Waals surface area contributed by atoms with Crippen LogP contribution in [0.3, 0.4) is 0 Å². The summed E-state index contributed by atoms with van der Waals surface area (Å²) >= 11 is 0. The lowest BCUT2D eigenvalue weighted by molar-refractivity contribution is -0.0742. The molecule has 76 valence electrons. The monoisotopic (exact) mass is 198 g/mol. The van der Waals surface area contributed by atoms with E-state index in [9.17, 15) is 9.18 Å². The van der Waals surface area contributed by atoms with Gasteiger partial charge in [0.1, 0.15) is 5.82 Å². The largest absolute Gasteiger partial charge is 0.349 e. The molecule has 0 unspecified atom stereocenters. The van der Waals surface area contributed by atoms with E-state index in [-0.39, 0.29) is 5.56 Å². The predicted molar refractivity (Wildman–Crippen MR) is 48.5 cm³/mol. The number of Topliss-reactive ketones (excluding diaryl/α,β-unsaturated/α-hetero) is 1. The van der Waals surface area contributed by atoms with E-state index in [0.717, 1.165) is 6.07 Å². The Kier molecular flexibility index (Phi) is 3.73. The standard InChI is InChI=1S/C10H11FO3/c1-13-10(14-2)9(12)7-4-3-5-8(11)6-7/h3-6,10H,1-2H3. The minimum Gasteiger partial charge on any atom is -0.349 e. The van der Waals surface area contributed by atoms with Crippen molar-refractivity contribution in [3.63, 3.8) is 0 Å². The average Bonchev–Trinajstić information content (AvgIpc) is 2.19. The Morgan fingerprint density at radius 3 is 2.50 bits per heavy atom. The van der Waals surface area contributed by atoms with Crippen molar-refractivity contribution in [2.45, 2.75) is 6.29 Å². The Bertz CT molecular complexity index is 321. The van der Waals surface area contributed by atoms with Crippen LogP contribution >= 0.6 is 0 Å². The summed E-state index contributed by atoms with van der Waals surface area (Å²) in [5.74, 6) is -0.851. The molecule has 0 aliphatic carbocycles.